The van der Waals surface area contributed by atoms with Gasteiger partial charge < -0.3 is 14.2 Å². The maximum Gasteiger partial charge on any atom is 0.338 e. The lowest BCUT2D eigenvalue weighted by Gasteiger charge is -2.19. The lowest BCUT2D eigenvalue weighted by Crippen LogP contribution is -2.12. The van der Waals surface area contributed by atoms with Crippen molar-refractivity contribution in [3.05, 3.63) is 93.5 Å². The quantitative estimate of drug-likeness (QED) is 0.280. The number of hydrogen-bond acceptors (Lipinski definition) is 4. The van der Waals surface area contributed by atoms with E-state index in [-0.39, 0.29) is 12.6 Å². The van der Waals surface area contributed by atoms with Gasteiger partial charge in [-0.15, -0.1) is 0 Å². The Morgan fingerprint density at radius 1 is 0.743 bits per heavy atom. The minimum Gasteiger partial charge on any atom is -0.489 e. The molecule has 35 heavy (non-hydrogen) atoms. The van der Waals surface area contributed by atoms with Crippen LogP contribution in [0.5, 0.6) is 11.5 Å². The number of esters is 1. The van der Waals surface area contributed by atoms with E-state index in [4.69, 9.17) is 14.2 Å². The van der Waals surface area contributed by atoms with E-state index in [1.165, 1.54) is 22.3 Å². The van der Waals surface area contributed by atoms with Crippen LogP contribution in [-0.4, -0.2) is 12.6 Å². The van der Waals surface area contributed by atoms with Crippen molar-refractivity contribution in [3.8, 4) is 11.5 Å². The van der Waals surface area contributed by atoms with Crippen LogP contribution in [0, 0.1) is 13.8 Å². The Balaban J connectivity index is 1.73. The van der Waals surface area contributed by atoms with E-state index in [1.807, 2.05) is 56.3 Å². The van der Waals surface area contributed by atoms with Crippen LogP contribution in [-0.2, 0) is 18.0 Å². The molecular formula is C31H38O4. The topological polar surface area (TPSA) is 44.8 Å². The van der Waals surface area contributed by atoms with Gasteiger partial charge in [0.25, 0.3) is 0 Å². The molecule has 0 N–H and O–H groups in total. The number of carbonyl (C=O) groups excluding carboxylic acids is 1. The summed E-state index contributed by atoms with van der Waals surface area (Å²) >= 11 is 0. The average molecular weight is 475 g/mol. The van der Waals surface area contributed by atoms with E-state index >= 15 is 0 Å². The fraction of sp³-hybridized carbons (Fsp3) is 0.387. The van der Waals surface area contributed by atoms with Crippen molar-refractivity contribution >= 4 is 5.97 Å². The van der Waals surface area contributed by atoms with Crippen molar-refractivity contribution < 1.29 is 19.0 Å². The van der Waals surface area contributed by atoms with Gasteiger partial charge in [0.1, 0.15) is 24.7 Å². The molecule has 0 atom stereocenters. The predicted octanol–water partition coefficient (Wildman–Crippen LogP) is 7.88. The summed E-state index contributed by atoms with van der Waals surface area (Å²) in [5.41, 5.74) is 7.49. The molecule has 3 aromatic carbocycles. The lowest BCUT2D eigenvalue weighted by molar-refractivity contribution is 0.0522. The molecule has 4 nitrogen and oxygen atoms in total. The zero-order valence-corrected chi connectivity index (χ0v) is 22.1. The van der Waals surface area contributed by atoms with Gasteiger partial charge in [-0.25, -0.2) is 4.79 Å². The molecule has 0 fully saturated rings. The monoisotopic (exact) mass is 474 g/mol. The van der Waals surface area contributed by atoms with Crippen LogP contribution in [0.2, 0.25) is 0 Å². The zero-order valence-electron chi connectivity index (χ0n) is 22.1. The molecule has 3 aromatic rings. The molecule has 0 heterocycles. The summed E-state index contributed by atoms with van der Waals surface area (Å²) in [6.07, 6.45) is 0. The van der Waals surface area contributed by atoms with E-state index in [0.29, 0.717) is 36.4 Å². The third-order valence-electron chi connectivity index (χ3n) is 6.20. The molecule has 0 aliphatic heterocycles. The van der Waals surface area contributed by atoms with Crippen LogP contribution in [0.1, 0.15) is 90.2 Å². The van der Waals surface area contributed by atoms with Crippen LogP contribution < -0.4 is 9.47 Å². The Kier molecular flexibility index (Phi) is 8.97. The number of hydrogen-bond donors (Lipinski definition) is 0. The standard InChI is InChI=1S/C31H38O4/c1-8-33-31(32)30-22(6)11-9-12-24(30)18-34-26-13-10-14-27(16-26)35-19-25-15-23(7)28(20(2)3)17-29(25)21(4)5/h9-17,20-21H,8,18-19H2,1-7H3. The Morgan fingerprint density at radius 3 is 1.94 bits per heavy atom. The molecule has 0 saturated heterocycles. The van der Waals surface area contributed by atoms with E-state index in [2.05, 4.69) is 46.8 Å². The van der Waals surface area contributed by atoms with Gasteiger partial charge in [-0.2, -0.15) is 0 Å². The summed E-state index contributed by atoms with van der Waals surface area (Å²) < 4.78 is 17.5. The molecule has 0 bridgehead atoms. The minimum atomic E-state index is -0.319. The van der Waals surface area contributed by atoms with Gasteiger partial charge in [0, 0.05) is 11.6 Å². The van der Waals surface area contributed by atoms with Gasteiger partial charge in [0.15, 0.2) is 0 Å². The molecule has 3 rings (SSSR count). The van der Waals surface area contributed by atoms with Crippen molar-refractivity contribution in [3.63, 3.8) is 0 Å². The Hall–Kier alpha value is -3.27. The molecule has 0 aromatic heterocycles. The second-order valence-electron chi connectivity index (χ2n) is 9.60. The van der Waals surface area contributed by atoms with Gasteiger partial charge >= 0.3 is 5.97 Å². The number of aryl methyl sites for hydroxylation is 2. The van der Waals surface area contributed by atoms with E-state index in [1.54, 1.807) is 0 Å². The van der Waals surface area contributed by atoms with E-state index in [0.717, 1.165) is 16.9 Å². The van der Waals surface area contributed by atoms with Crippen molar-refractivity contribution in [2.75, 3.05) is 6.61 Å². The SMILES string of the molecule is CCOC(=O)c1c(C)cccc1COc1cccc(OCc2cc(C)c(C(C)C)cc2C(C)C)c1. The number of ether oxygens (including phenoxy) is 3. The molecule has 0 saturated carbocycles. The number of benzene rings is 3. The fourth-order valence-corrected chi connectivity index (χ4v) is 4.41. The van der Waals surface area contributed by atoms with Crippen LogP contribution in [0.3, 0.4) is 0 Å². The maximum atomic E-state index is 12.4. The molecule has 0 radical (unpaired) electrons. The lowest BCUT2D eigenvalue weighted by atomic mass is 9.88. The average Bonchev–Trinajstić information content (AvgIpc) is 2.81. The number of rotatable bonds is 10. The molecule has 0 spiro atoms. The first kappa shape index (κ1) is 26.3. The van der Waals surface area contributed by atoms with Crippen LogP contribution in [0.25, 0.3) is 0 Å². The molecule has 0 unspecified atom stereocenters. The Bertz CT molecular complexity index is 1160. The minimum absolute atomic E-state index is 0.270. The fourth-order valence-electron chi connectivity index (χ4n) is 4.41. The number of carbonyl (C=O) groups is 1. The second-order valence-corrected chi connectivity index (χ2v) is 9.60. The molecule has 0 amide bonds. The summed E-state index contributed by atoms with van der Waals surface area (Å²) in [7, 11) is 0. The van der Waals surface area contributed by atoms with Gasteiger partial charge in [-0.05, 0) is 72.6 Å². The highest BCUT2D eigenvalue weighted by Crippen LogP contribution is 2.30. The van der Waals surface area contributed by atoms with Crippen molar-refractivity contribution in [2.45, 2.75) is 73.5 Å². The van der Waals surface area contributed by atoms with Gasteiger partial charge in [-0.1, -0.05) is 64.1 Å². The second kappa shape index (κ2) is 11.9. The predicted molar refractivity (Wildman–Crippen MR) is 142 cm³/mol. The third kappa shape index (κ3) is 6.66. The maximum absolute atomic E-state index is 12.4. The largest absolute Gasteiger partial charge is 0.489 e. The molecule has 0 aliphatic rings. The van der Waals surface area contributed by atoms with Crippen LogP contribution in [0.15, 0.2) is 54.6 Å². The van der Waals surface area contributed by atoms with Crippen LogP contribution >= 0.6 is 0 Å². The van der Waals surface area contributed by atoms with Gasteiger partial charge in [-0.3, -0.25) is 0 Å². The molecule has 0 aliphatic carbocycles. The Labute approximate surface area is 210 Å². The van der Waals surface area contributed by atoms with Crippen LogP contribution in [0.4, 0.5) is 0 Å². The smallest absolute Gasteiger partial charge is 0.338 e. The highest BCUT2D eigenvalue weighted by Gasteiger charge is 2.16. The van der Waals surface area contributed by atoms with Crippen molar-refractivity contribution in [1.82, 2.24) is 0 Å². The highest BCUT2D eigenvalue weighted by atomic mass is 16.5. The van der Waals surface area contributed by atoms with Gasteiger partial charge in [0.05, 0.1) is 12.2 Å². The molecule has 186 valence electrons. The van der Waals surface area contributed by atoms with Crippen molar-refractivity contribution in [2.24, 2.45) is 0 Å². The van der Waals surface area contributed by atoms with E-state index < -0.39 is 0 Å². The molecule has 4 heteroatoms. The third-order valence-corrected chi connectivity index (χ3v) is 6.20. The summed E-state index contributed by atoms with van der Waals surface area (Å²) in [5, 5.41) is 0. The first-order valence-corrected chi connectivity index (χ1v) is 12.5. The van der Waals surface area contributed by atoms with E-state index in [9.17, 15) is 4.79 Å². The normalized spacial score (nSPS) is 11.1. The summed E-state index contributed by atoms with van der Waals surface area (Å²) in [4.78, 5) is 12.4. The first-order valence-electron chi connectivity index (χ1n) is 12.5. The van der Waals surface area contributed by atoms with Crippen molar-refractivity contribution in [1.29, 1.82) is 0 Å². The van der Waals surface area contributed by atoms with Gasteiger partial charge in [0.2, 0.25) is 0 Å². The summed E-state index contributed by atoms with van der Waals surface area (Å²) in [5.74, 6) is 2.03. The Morgan fingerprint density at radius 2 is 1.34 bits per heavy atom. The first-order chi connectivity index (χ1) is 16.7. The summed E-state index contributed by atoms with van der Waals surface area (Å²) in [6, 6.07) is 18.0. The summed E-state index contributed by atoms with van der Waals surface area (Å²) in [6.45, 7) is 15.9. The molecular weight excluding hydrogens is 436 g/mol. The highest BCUT2D eigenvalue weighted by molar-refractivity contribution is 5.92. The zero-order chi connectivity index (χ0) is 25.5.